The summed E-state index contributed by atoms with van der Waals surface area (Å²) in [6.07, 6.45) is 0. The second-order valence-electron chi connectivity index (χ2n) is 1.36. The molecule has 0 aliphatic heterocycles. The molecule has 44 valence electrons. The third-order valence-corrected chi connectivity index (χ3v) is 1.08. The summed E-state index contributed by atoms with van der Waals surface area (Å²) in [5.41, 5.74) is 0. The van der Waals surface area contributed by atoms with Crippen molar-refractivity contribution in [3.63, 3.8) is 0 Å². The summed E-state index contributed by atoms with van der Waals surface area (Å²) in [6.45, 7) is 0. The summed E-state index contributed by atoms with van der Waals surface area (Å²) in [4.78, 5) is 0. The maximum absolute atomic E-state index is 8.72. The fraction of sp³-hybridized carbons (Fsp3) is 0.250. The van der Waals surface area contributed by atoms with Crippen LogP contribution in [0.3, 0.4) is 0 Å². The highest BCUT2D eigenvalue weighted by atomic mass is 35.5. The Bertz CT molecular complexity index is 212. The molecule has 1 aromatic rings. The zero-order valence-corrected chi connectivity index (χ0v) is 4.98. The van der Waals surface area contributed by atoms with Crippen LogP contribution in [-0.4, -0.2) is 14.9 Å². The molecule has 4 heteroatoms. The Kier molecular flexibility index (Phi) is 0.877. The molecular weight excluding hydrogens is 128 g/mol. The van der Waals surface area contributed by atoms with E-state index < -0.39 is 0 Å². The molecule has 0 radical (unpaired) electrons. The number of aromatic hydroxyl groups is 1. The Balaban J connectivity index is 3.29. The third-order valence-electron chi connectivity index (χ3n) is 0.744. The lowest BCUT2D eigenvalue weighted by Gasteiger charge is -1.84. The van der Waals surface area contributed by atoms with E-state index in [2.05, 4.69) is 5.10 Å². The minimum atomic E-state index is -0.331. The second-order valence-corrected chi connectivity index (χ2v) is 1.72. The molecule has 3 nitrogen and oxygen atoms in total. The highest BCUT2D eigenvalue weighted by molar-refractivity contribution is 6.29. The quantitative estimate of drug-likeness (QED) is 0.568. The topological polar surface area (TPSA) is 38.1 Å². The van der Waals surface area contributed by atoms with Gasteiger partial charge < -0.3 is 5.11 Å². The molecule has 0 unspecified atom stereocenters. The molecule has 0 saturated heterocycles. The van der Waals surface area contributed by atoms with E-state index in [1.54, 1.807) is 7.05 Å². The predicted molar refractivity (Wildman–Crippen MR) is 29.9 cm³/mol. The van der Waals surface area contributed by atoms with Crippen LogP contribution in [0.15, 0.2) is 6.04 Å². The molecular formula is C4H5ClN2O. The van der Waals surface area contributed by atoms with Crippen molar-refractivity contribution in [2.75, 3.05) is 0 Å². The normalized spacial score (nSPS) is 11.5. The Morgan fingerprint density at radius 3 is 2.88 bits per heavy atom. The van der Waals surface area contributed by atoms with Gasteiger partial charge in [0, 0.05) is 13.1 Å². The van der Waals surface area contributed by atoms with Crippen LogP contribution in [0.25, 0.3) is 0 Å². The first-order chi connectivity index (χ1) is 4.13. The zero-order valence-electron chi connectivity index (χ0n) is 5.22. The van der Waals surface area contributed by atoms with Gasteiger partial charge in [-0.1, -0.05) is 11.6 Å². The van der Waals surface area contributed by atoms with E-state index in [4.69, 9.17) is 18.1 Å². The first-order valence-electron chi connectivity index (χ1n) is 2.51. The van der Waals surface area contributed by atoms with Crippen LogP contribution in [0.5, 0.6) is 5.88 Å². The Labute approximate surface area is 52.9 Å². The molecule has 1 N–H and O–H groups in total. The van der Waals surface area contributed by atoms with Gasteiger partial charge in [0.1, 0.15) is 5.15 Å². The van der Waals surface area contributed by atoms with Gasteiger partial charge in [0.05, 0.1) is 1.37 Å². The maximum Gasteiger partial charge on any atom is 0.231 e. The fourth-order valence-electron chi connectivity index (χ4n) is 0.384. The van der Waals surface area contributed by atoms with Gasteiger partial charge in [-0.2, -0.15) is 0 Å². The van der Waals surface area contributed by atoms with Crippen molar-refractivity contribution >= 4 is 11.6 Å². The number of rotatable bonds is 0. The second kappa shape index (κ2) is 1.67. The maximum atomic E-state index is 8.72. The predicted octanol–water partition coefficient (Wildman–Crippen LogP) is 0.779. The summed E-state index contributed by atoms with van der Waals surface area (Å²) >= 11 is 5.45. The van der Waals surface area contributed by atoms with Crippen LogP contribution in [0.1, 0.15) is 1.37 Å². The summed E-state index contributed by atoms with van der Waals surface area (Å²) < 4.78 is 8.23. The minimum absolute atomic E-state index is 0.126. The van der Waals surface area contributed by atoms with Gasteiger partial charge in [0.15, 0.2) is 0 Å². The lowest BCUT2D eigenvalue weighted by atomic mass is 10.7. The average molecular weight is 134 g/mol. The van der Waals surface area contributed by atoms with Gasteiger partial charge in [-0.25, -0.2) is 0 Å². The van der Waals surface area contributed by atoms with E-state index in [1.165, 1.54) is 4.68 Å². The number of hydrogen-bond donors (Lipinski definition) is 1. The molecule has 0 bridgehead atoms. The average Bonchev–Trinajstić information content (AvgIpc) is 1.98. The summed E-state index contributed by atoms with van der Waals surface area (Å²) in [7, 11) is 1.56. The highest BCUT2D eigenvalue weighted by Crippen LogP contribution is 2.12. The van der Waals surface area contributed by atoms with E-state index in [1.807, 2.05) is 0 Å². The van der Waals surface area contributed by atoms with Crippen LogP contribution < -0.4 is 0 Å². The molecule has 0 spiro atoms. The highest BCUT2D eigenvalue weighted by Gasteiger charge is 1.96. The molecule has 8 heavy (non-hydrogen) atoms. The molecule has 0 amide bonds. The molecule has 1 rings (SSSR count). The molecule has 0 aliphatic carbocycles. The Morgan fingerprint density at radius 2 is 2.75 bits per heavy atom. The minimum Gasteiger partial charge on any atom is -0.492 e. The summed E-state index contributed by atoms with van der Waals surface area (Å²) in [5.74, 6) is -0.331. The molecule has 1 heterocycles. The Morgan fingerprint density at radius 1 is 2.12 bits per heavy atom. The van der Waals surface area contributed by atoms with Crippen LogP contribution in [-0.2, 0) is 7.05 Å². The van der Waals surface area contributed by atoms with E-state index in [-0.39, 0.29) is 17.1 Å². The number of hydrogen-bond acceptors (Lipinski definition) is 2. The van der Waals surface area contributed by atoms with Crippen molar-refractivity contribution in [1.82, 2.24) is 9.78 Å². The van der Waals surface area contributed by atoms with Gasteiger partial charge in [-0.3, -0.25) is 4.68 Å². The molecule has 0 aliphatic rings. The number of aryl methyl sites for hydroxylation is 1. The molecule has 0 saturated carbocycles. The Hall–Kier alpha value is -0.700. The van der Waals surface area contributed by atoms with Gasteiger partial charge in [0.2, 0.25) is 5.88 Å². The van der Waals surface area contributed by atoms with E-state index in [0.717, 1.165) is 0 Å². The van der Waals surface area contributed by atoms with Gasteiger partial charge in [-0.05, 0) is 0 Å². The molecule has 0 fully saturated rings. The number of aromatic nitrogens is 2. The van der Waals surface area contributed by atoms with Crippen molar-refractivity contribution in [3.8, 4) is 5.88 Å². The molecule has 0 atom stereocenters. The van der Waals surface area contributed by atoms with Crippen molar-refractivity contribution in [3.05, 3.63) is 11.2 Å². The summed E-state index contributed by atoms with van der Waals surface area (Å²) in [5, 5.41) is 12.3. The van der Waals surface area contributed by atoms with E-state index in [0.29, 0.717) is 0 Å². The first-order valence-corrected chi connectivity index (χ1v) is 2.38. The van der Waals surface area contributed by atoms with Gasteiger partial charge in [0.25, 0.3) is 0 Å². The molecule has 1 aromatic heterocycles. The third kappa shape index (κ3) is 0.767. The lowest BCUT2D eigenvalue weighted by molar-refractivity contribution is 0.444. The van der Waals surface area contributed by atoms with Crippen LogP contribution in [0, 0.1) is 0 Å². The van der Waals surface area contributed by atoms with Crippen molar-refractivity contribution < 1.29 is 6.48 Å². The van der Waals surface area contributed by atoms with Crippen molar-refractivity contribution in [1.29, 1.82) is 0 Å². The van der Waals surface area contributed by atoms with Crippen molar-refractivity contribution in [2.45, 2.75) is 0 Å². The van der Waals surface area contributed by atoms with Gasteiger partial charge >= 0.3 is 0 Å². The van der Waals surface area contributed by atoms with E-state index in [9.17, 15) is 0 Å². The smallest absolute Gasteiger partial charge is 0.231 e. The van der Waals surface area contributed by atoms with Crippen molar-refractivity contribution in [2.24, 2.45) is 7.05 Å². The number of nitrogens with zero attached hydrogens (tertiary/aromatic N) is 2. The van der Waals surface area contributed by atoms with Gasteiger partial charge in [-0.15, -0.1) is 5.10 Å². The number of halogens is 1. The van der Waals surface area contributed by atoms with Crippen LogP contribution >= 0.6 is 11.6 Å². The SMILES string of the molecule is [2H]c1c(O)nn(C)c1Cl. The summed E-state index contributed by atoms with van der Waals surface area (Å²) in [6, 6.07) is -0.126. The fourth-order valence-corrected chi connectivity index (χ4v) is 0.506. The van der Waals surface area contributed by atoms with E-state index >= 15 is 0 Å². The lowest BCUT2D eigenvalue weighted by Crippen LogP contribution is -1.87. The monoisotopic (exact) mass is 133 g/mol. The molecule has 0 aromatic carbocycles. The van der Waals surface area contributed by atoms with Crippen LogP contribution in [0.4, 0.5) is 0 Å². The van der Waals surface area contributed by atoms with Crippen LogP contribution in [0.2, 0.25) is 5.15 Å². The first kappa shape index (κ1) is 4.21. The standard InChI is InChI=1S/C4H5ClN2O/c1-7-3(5)2-4(8)6-7/h2H,1H3,(H,6,8)/i2D. The largest absolute Gasteiger partial charge is 0.492 e. The zero-order chi connectivity index (χ0) is 7.02.